The van der Waals surface area contributed by atoms with Crippen molar-refractivity contribution in [3.63, 3.8) is 0 Å². The van der Waals surface area contributed by atoms with Gasteiger partial charge in [0, 0.05) is 0 Å². The molecule has 1 aromatic heterocycles. The molecule has 0 aliphatic carbocycles. The maximum atomic E-state index is 5.58. The molecule has 7 heteroatoms. The fraction of sp³-hybridized carbons (Fsp3) is 0.500. The first-order chi connectivity index (χ1) is 6.24. The zero-order valence-electron chi connectivity index (χ0n) is 6.50. The van der Waals surface area contributed by atoms with Crippen LogP contribution in [-0.2, 0) is 4.74 Å². The number of nitrogens with zero attached hydrogens (tertiary/aromatic N) is 3. The molecule has 1 fully saturated rings. The lowest BCUT2D eigenvalue weighted by Gasteiger charge is -2.26. The summed E-state index contributed by atoms with van der Waals surface area (Å²) >= 11 is 11.2. The van der Waals surface area contributed by atoms with Gasteiger partial charge < -0.3 is 10.1 Å². The minimum atomic E-state index is 0.0859. The Hall–Kier alpha value is -0.650. The van der Waals surface area contributed by atoms with Crippen LogP contribution in [0.3, 0.4) is 0 Å². The zero-order valence-corrected chi connectivity index (χ0v) is 8.01. The molecule has 0 amide bonds. The molecule has 1 saturated heterocycles. The van der Waals surface area contributed by atoms with E-state index >= 15 is 0 Å². The van der Waals surface area contributed by atoms with Crippen LogP contribution in [0.2, 0.25) is 10.6 Å². The largest absolute Gasteiger partial charge is 0.377 e. The summed E-state index contributed by atoms with van der Waals surface area (Å²) in [6.07, 6.45) is 0. The molecule has 1 aromatic rings. The maximum Gasteiger partial charge on any atom is 0.228 e. The summed E-state index contributed by atoms with van der Waals surface area (Å²) < 4.78 is 4.97. The third-order valence-electron chi connectivity index (χ3n) is 1.55. The second-order valence-corrected chi connectivity index (χ2v) is 3.25. The summed E-state index contributed by atoms with van der Waals surface area (Å²) in [4.78, 5) is 11.3. The van der Waals surface area contributed by atoms with E-state index < -0.39 is 0 Å². The standard InChI is InChI=1S/C6H6Cl2N4O/c7-4-10-5(8)12-6(11-4)9-3-1-13-2-3/h3H,1-2H2,(H,9,10,11,12). The predicted molar refractivity (Wildman–Crippen MR) is 48.1 cm³/mol. The smallest absolute Gasteiger partial charge is 0.228 e. The van der Waals surface area contributed by atoms with E-state index in [0.29, 0.717) is 19.2 Å². The van der Waals surface area contributed by atoms with Crippen molar-refractivity contribution in [1.29, 1.82) is 0 Å². The van der Waals surface area contributed by atoms with Gasteiger partial charge in [-0.05, 0) is 23.2 Å². The van der Waals surface area contributed by atoms with E-state index in [1.165, 1.54) is 0 Å². The van der Waals surface area contributed by atoms with Crippen molar-refractivity contribution in [3.05, 3.63) is 10.6 Å². The molecule has 1 aliphatic heterocycles. The van der Waals surface area contributed by atoms with Crippen LogP contribution < -0.4 is 5.32 Å². The maximum absolute atomic E-state index is 5.58. The molecule has 1 N–H and O–H groups in total. The van der Waals surface area contributed by atoms with E-state index in [9.17, 15) is 0 Å². The second kappa shape index (κ2) is 3.61. The minimum absolute atomic E-state index is 0.0859. The summed E-state index contributed by atoms with van der Waals surface area (Å²) in [6.45, 7) is 1.31. The molecule has 0 aromatic carbocycles. The summed E-state index contributed by atoms with van der Waals surface area (Å²) in [5, 5.41) is 3.18. The Labute approximate surface area is 84.4 Å². The Bertz CT molecular complexity index is 297. The normalized spacial score (nSPS) is 16.8. The Balaban J connectivity index is 2.10. The SMILES string of the molecule is Clc1nc(Cl)nc(NC2COC2)n1. The number of halogens is 2. The van der Waals surface area contributed by atoms with Crippen molar-refractivity contribution in [3.8, 4) is 0 Å². The highest BCUT2D eigenvalue weighted by Gasteiger charge is 2.19. The highest BCUT2D eigenvalue weighted by molar-refractivity contribution is 6.31. The van der Waals surface area contributed by atoms with Gasteiger partial charge in [0.15, 0.2) is 0 Å². The summed E-state index contributed by atoms with van der Waals surface area (Å²) in [5.74, 6) is 0.387. The fourth-order valence-corrected chi connectivity index (χ4v) is 1.26. The van der Waals surface area contributed by atoms with Crippen LogP contribution >= 0.6 is 23.2 Å². The molecule has 13 heavy (non-hydrogen) atoms. The van der Waals surface area contributed by atoms with Gasteiger partial charge in [-0.2, -0.15) is 15.0 Å². The van der Waals surface area contributed by atoms with E-state index in [1.54, 1.807) is 0 Å². The number of hydrogen-bond acceptors (Lipinski definition) is 5. The lowest BCUT2D eigenvalue weighted by atomic mass is 10.3. The molecule has 70 valence electrons. The van der Waals surface area contributed by atoms with Gasteiger partial charge in [0.1, 0.15) is 0 Å². The molecule has 0 atom stereocenters. The van der Waals surface area contributed by atoms with Crippen LogP contribution in [0.15, 0.2) is 0 Å². The Kier molecular flexibility index (Phi) is 2.48. The summed E-state index contributed by atoms with van der Waals surface area (Å²) in [5.41, 5.74) is 0. The third kappa shape index (κ3) is 2.18. The quantitative estimate of drug-likeness (QED) is 0.806. The molecular weight excluding hydrogens is 215 g/mol. The van der Waals surface area contributed by atoms with Gasteiger partial charge in [-0.1, -0.05) is 0 Å². The van der Waals surface area contributed by atoms with Crippen molar-refractivity contribution in [2.75, 3.05) is 18.5 Å². The molecule has 2 rings (SSSR count). The fourth-order valence-electron chi connectivity index (χ4n) is 0.892. The van der Waals surface area contributed by atoms with E-state index in [1.807, 2.05) is 0 Å². The predicted octanol–water partition coefficient (Wildman–Crippen LogP) is 0.989. The van der Waals surface area contributed by atoms with Gasteiger partial charge in [0.2, 0.25) is 16.5 Å². The van der Waals surface area contributed by atoms with E-state index in [0.717, 1.165) is 0 Å². The van der Waals surface area contributed by atoms with Crippen LogP contribution in [-0.4, -0.2) is 34.2 Å². The molecule has 0 unspecified atom stereocenters. The molecule has 0 radical (unpaired) electrons. The van der Waals surface area contributed by atoms with Crippen molar-refractivity contribution >= 4 is 29.2 Å². The topological polar surface area (TPSA) is 59.9 Å². The van der Waals surface area contributed by atoms with Crippen LogP contribution in [0.25, 0.3) is 0 Å². The van der Waals surface area contributed by atoms with E-state index in [2.05, 4.69) is 20.3 Å². The zero-order chi connectivity index (χ0) is 9.26. The number of aromatic nitrogens is 3. The molecule has 0 spiro atoms. The molecule has 2 heterocycles. The van der Waals surface area contributed by atoms with Crippen molar-refractivity contribution in [2.45, 2.75) is 6.04 Å². The van der Waals surface area contributed by atoms with Crippen molar-refractivity contribution in [1.82, 2.24) is 15.0 Å². The summed E-state index contributed by atoms with van der Waals surface area (Å²) in [7, 11) is 0. The van der Waals surface area contributed by atoms with Gasteiger partial charge in [-0.3, -0.25) is 0 Å². The lowest BCUT2D eigenvalue weighted by molar-refractivity contribution is 0.0208. The number of rotatable bonds is 2. The molecular formula is C6H6Cl2N4O. The lowest BCUT2D eigenvalue weighted by Crippen LogP contribution is -2.40. The highest BCUT2D eigenvalue weighted by Crippen LogP contribution is 2.12. The number of anilines is 1. The first kappa shape index (κ1) is 8.93. The van der Waals surface area contributed by atoms with Gasteiger partial charge >= 0.3 is 0 Å². The number of hydrogen-bond donors (Lipinski definition) is 1. The number of nitrogens with one attached hydrogen (secondary N) is 1. The third-order valence-corrected chi connectivity index (χ3v) is 1.89. The van der Waals surface area contributed by atoms with Crippen LogP contribution in [0.4, 0.5) is 5.95 Å². The average Bonchev–Trinajstić information content (AvgIpc) is 1.95. The first-order valence-electron chi connectivity index (χ1n) is 3.65. The minimum Gasteiger partial charge on any atom is -0.377 e. The van der Waals surface area contributed by atoms with E-state index in [-0.39, 0.29) is 16.6 Å². The number of ether oxygens (including phenoxy) is 1. The molecule has 0 saturated carbocycles. The Morgan fingerprint density at radius 1 is 1.15 bits per heavy atom. The van der Waals surface area contributed by atoms with Crippen LogP contribution in [0.1, 0.15) is 0 Å². The van der Waals surface area contributed by atoms with Gasteiger partial charge in [-0.25, -0.2) is 0 Å². The van der Waals surface area contributed by atoms with Gasteiger partial charge in [0.05, 0.1) is 19.3 Å². The monoisotopic (exact) mass is 220 g/mol. The highest BCUT2D eigenvalue weighted by atomic mass is 35.5. The van der Waals surface area contributed by atoms with Crippen LogP contribution in [0, 0.1) is 0 Å². The van der Waals surface area contributed by atoms with Crippen molar-refractivity contribution in [2.24, 2.45) is 0 Å². The average molecular weight is 221 g/mol. The molecule has 1 aliphatic rings. The van der Waals surface area contributed by atoms with Crippen molar-refractivity contribution < 1.29 is 4.74 Å². The second-order valence-electron chi connectivity index (χ2n) is 2.58. The first-order valence-corrected chi connectivity index (χ1v) is 4.41. The van der Waals surface area contributed by atoms with E-state index in [4.69, 9.17) is 27.9 Å². The Morgan fingerprint density at radius 2 is 1.77 bits per heavy atom. The Morgan fingerprint density at radius 3 is 2.23 bits per heavy atom. The van der Waals surface area contributed by atoms with Gasteiger partial charge in [0.25, 0.3) is 0 Å². The molecule has 0 bridgehead atoms. The van der Waals surface area contributed by atoms with Crippen LogP contribution in [0.5, 0.6) is 0 Å². The molecule has 5 nitrogen and oxygen atoms in total. The summed E-state index contributed by atoms with van der Waals surface area (Å²) in [6, 6.07) is 0.245. The van der Waals surface area contributed by atoms with Gasteiger partial charge in [-0.15, -0.1) is 0 Å².